The molecule has 10 heteroatoms. The predicted molar refractivity (Wildman–Crippen MR) is 138 cm³/mol. The molecule has 36 heavy (non-hydrogen) atoms. The van der Waals surface area contributed by atoms with Crippen molar-refractivity contribution in [1.29, 1.82) is 0 Å². The van der Waals surface area contributed by atoms with Crippen molar-refractivity contribution in [3.8, 4) is 0 Å². The van der Waals surface area contributed by atoms with Crippen LogP contribution in [0.25, 0.3) is 4.91 Å². The zero-order valence-electron chi connectivity index (χ0n) is 21.4. The number of hydroxylamine groups is 1. The monoisotopic (exact) mass is 513 g/mol. The number of carbonyl (C=O) groups excluding carboxylic acids is 1. The first-order chi connectivity index (χ1) is 17.2. The molecule has 0 aliphatic carbocycles. The third-order valence-corrected chi connectivity index (χ3v) is 8.41. The summed E-state index contributed by atoms with van der Waals surface area (Å²) in [7, 11) is 0. The van der Waals surface area contributed by atoms with E-state index in [0.29, 0.717) is 12.2 Å². The Labute approximate surface area is 216 Å². The maximum absolute atomic E-state index is 13.7. The number of hydrogen-bond donors (Lipinski definition) is 4. The van der Waals surface area contributed by atoms with Crippen LogP contribution in [0.5, 0.6) is 0 Å². The van der Waals surface area contributed by atoms with Gasteiger partial charge in [0.2, 0.25) is 5.91 Å². The number of aromatic nitrogens is 1. The smallest absolute Gasteiger partial charge is 0.234 e. The van der Waals surface area contributed by atoms with Crippen LogP contribution in [-0.2, 0) is 15.4 Å². The lowest BCUT2D eigenvalue weighted by molar-refractivity contribution is -0.136. The Morgan fingerprint density at radius 2 is 2.03 bits per heavy atom. The highest BCUT2D eigenvalue weighted by molar-refractivity contribution is 8.08. The number of allylic oxidation sites excluding steroid dienone is 1. The summed E-state index contributed by atoms with van der Waals surface area (Å²) in [6.45, 7) is 10.2. The van der Waals surface area contributed by atoms with Crippen molar-refractivity contribution in [2.75, 3.05) is 12.4 Å². The number of likely N-dealkylation sites (tertiary alicyclic amines) is 1. The number of benzene rings is 1. The molecule has 0 bridgehead atoms. The van der Waals surface area contributed by atoms with E-state index in [9.17, 15) is 9.90 Å². The average molecular weight is 514 g/mol. The van der Waals surface area contributed by atoms with Gasteiger partial charge in [0.15, 0.2) is 5.72 Å². The second-order valence-electron chi connectivity index (χ2n) is 10.4. The van der Waals surface area contributed by atoms with Gasteiger partial charge >= 0.3 is 0 Å². The van der Waals surface area contributed by atoms with Crippen LogP contribution < -0.4 is 16.1 Å². The average Bonchev–Trinajstić information content (AvgIpc) is 3.62. The number of hydrogen-bond acceptors (Lipinski definition) is 9. The molecule has 2 fully saturated rings. The first-order valence-corrected chi connectivity index (χ1v) is 13.5. The highest BCUT2D eigenvalue weighted by Crippen LogP contribution is 2.37. The molecule has 1 aromatic carbocycles. The summed E-state index contributed by atoms with van der Waals surface area (Å²) in [5, 5.41) is 21.4. The molecule has 4 heterocycles. The molecule has 3 aliphatic rings. The first kappa shape index (κ1) is 25.3. The Bertz CT molecular complexity index is 1150. The molecular formula is C26H35N5O4S. The zero-order chi connectivity index (χ0) is 25.6. The van der Waals surface area contributed by atoms with E-state index in [-0.39, 0.29) is 30.6 Å². The number of nitrogens with one attached hydrogen (secondary N) is 3. The van der Waals surface area contributed by atoms with Gasteiger partial charge in [-0.1, -0.05) is 43.3 Å². The Morgan fingerprint density at radius 3 is 2.64 bits per heavy atom. The third-order valence-electron chi connectivity index (χ3n) is 7.29. The molecule has 1 amide bonds. The number of β-amino-alcohol motifs (C(OH)–C–C–N with tert-alkyl or cyclic N) is 1. The molecule has 3 aliphatic heterocycles. The molecule has 0 radical (unpaired) electrons. The van der Waals surface area contributed by atoms with Crippen molar-refractivity contribution in [3.63, 3.8) is 0 Å². The van der Waals surface area contributed by atoms with Crippen LogP contribution in [0.1, 0.15) is 62.6 Å². The minimum atomic E-state index is -0.782. The van der Waals surface area contributed by atoms with Gasteiger partial charge in [0.25, 0.3) is 0 Å². The molecule has 1 unspecified atom stereocenters. The van der Waals surface area contributed by atoms with Gasteiger partial charge < -0.3 is 19.8 Å². The summed E-state index contributed by atoms with van der Waals surface area (Å²) in [6.07, 6.45) is -0.501. The van der Waals surface area contributed by atoms with Crippen LogP contribution >= 0.6 is 11.8 Å². The number of aryl methyl sites for hydroxylation is 1. The van der Waals surface area contributed by atoms with Gasteiger partial charge in [0, 0.05) is 28.8 Å². The van der Waals surface area contributed by atoms with Gasteiger partial charge in [0.05, 0.1) is 23.7 Å². The van der Waals surface area contributed by atoms with Crippen LogP contribution in [0.4, 0.5) is 0 Å². The van der Waals surface area contributed by atoms with Crippen molar-refractivity contribution < 1.29 is 19.3 Å². The molecular weight excluding hydrogens is 478 g/mol. The fourth-order valence-corrected chi connectivity index (χ4v) is 6.38. The summed E-state index contributed by atoms with van der Waals surface area (Å²) in [4.78, 5) is 22.8. The summed E-state index contributed by atoms with van der Waals surface area (Å²) in [5.74, 6) is 0.922. The highest BCUT2D eigenvalue weighted by atomic mass is 32.2. The second kappa shape index (κ2) is 9.83. The lowest BCUT2D eigenvalue weighted by Crippen LogP contribution is -2.54. The fourth-order valence-electron chi connectivity index (χ4n) is 5.35. The van der Waals surface area contributed by atoms with Crippen LogP contribution in [0, 0.1) is 12.8 Å². The molecule has 2 saturated heterocycles. The maximum Gasteiger partial charge on any atom is 0.234 e. The van der Waals surface area contributed by atoms with Crippen molar-refractivity contribution in [2.45, 2.75) is 71.0 Å². The number of rotatable bonds is 6. The van der Waals surface area contributed by atoms with Crippen LogP contribution in [-0.4, -0.2) is 51.8 Å². The number of aliphatic hydroxyl groups is 1. The Kier molecular flexibility index (Phi) is 6.90. The SMILES string of the molecule is CC1=C(c2ccc([C@]3(C)NC([C@@H]4C[C@@H](O)CN4C(=O)[C@@H](c4cc(C)no4)C(C)C)NO3)cc2)SCN1. The molecule has 5 atom stereocenters. The number of aliphatic hydroxyl groups excluding tert-OH is 1. The fraction of sp³-hybridized carbons (Fsp3) is 0.538. The molecule has 1 aromatic heterocycles. The summed E-state index contributed by atoms with van der Waals surface area (Å²) < 4.78 is 5.48. The molecule has 2 aromatic rings. The Morgan fingerprint density at radius 1 is 1.28 bits per heavy atom. The van der Waals surface area contributed by atoms with E-state index < -0.39 is 17.7 Å². The van der Waals surface area contributed by atoms with E-state index in [4.69, 9.17) is 9.36 Å². The highest BCUT2D eigenvalue weighted by Gasteiger charge is 2.48. The van der Waals surface area contributed by atoms with Gasteiger partial charge in [-0.05, 0) is 38.7 Å². The maximum atomic E-state index is 13.7. The van der Waals surface area contributed by atoms with E-state index in [0.717, 1.165) is 17.1 Å². The Hall–Kier alpha value is -2.37. The third kappa shape index (κ3) is 4.68. The first-order valence-electron chi connectivity index (χ1n) is 12.5. The van der Waals surface area contributed by atoms with Crippen molar-refractivity contribution in [3.05, 3.63) is 58.6 Å². The van der Waals surface area contributed by atoms with Gasteiger partial charge in [-0.15, -0.1) is 11.8 Å². The molecule has 4 N–H and O–H groups in total. The zero-order valence-corrected chi connectivity index (χ0v) is 22.2. The molecule has 5 rings (SSSR count). The molecule has 0 spiro atoms. The van der Waals surface area contributed by atoms with E-state index in [1.54, 1.807) is 16.7 Å². The van der Waals surface area contributed by atoms with Gasteiger partial charge in [-0.25, -0.2) is 0 Å². The van der Waals surface area contributed by atoms with Crippen LogP contribution in [0.15, 0.2) is 40.6 Å². The van der Waals surface area contributed by atoms with Crippen molar-refractivity contribution in [1.82, 2.24) is 26.2 Å². The summed E-state index contributed by atoms with van der Waals surface area (Å²) in [5.41, 5.74) is 6.41. The van der Waals surface area contributed by atoms with Crippen molar-refractivity contribution in [2.24, 2.45) is 5.92 Å². The summed E-state index contributed by atoms with van der Waals surface area (Å²) in [6, 6.07) is 9.89. The lowest BCUT2D eigenvalue weighted by atomic mass is 9.91. The molecule has 9 nitrogen and oxygen atoms in total. The molecule has 0 saturated carbocycles. The number of nitrogens with zero attached hydrogens (tertiary/aromatic N) is 2. The van der Waals surface area contributed by atoms with Gasteiger partial charge in [-0.3, -0.25) is 14.9 Å². The number of carbonyl (C=O) groups is 1. The number of amides is 1. The van der Waals surface area contributed by atoms with E-state index in [2.05, 4.69) is 52.5 Å². The normalized spacial score (nSPS) is 29.3. The van der Waals surface area contributed by atoms with E-state index >= 15 is 0 Å². The standard InChI is InChI=1S/C26H35N5O4S/c1-14(2)22(21-10-15(3)29-34-21)25(33)31-12-19(32)11-20(31)24-28-26(5,35-30-24)18-8-6-17(7-9-18)23-16(4)27-13-36-23/h6-10,14,19-20,22,24,27-28,30,32H,11-13H2,1-5H3/t19-,20+,22-,24?,26-/m1/s1. The van der Waals surface area contributed by atoms with Crippen LogP contribution in [0.3, 0.4) is 0 Å². The van der Waals surface area contributed by atoms with E-state index in [1.807, 2.05) is 33.8 Å². The van der Waals surface area contributed by atoms with Gasteiger partial charge in [0.1, 0.15) is 17.8 Å². The Balaban J connectivity index is 1.33. The van der Waals surface area contributed by atoms with Crippen LogP contribution in [0.2, 0.25) is 0 Å². The lowest BCUT2D eigenvalue weighted by Gasteiger charge is -2.32. The van der Waals surface area contributed by atoms with Gasteiger partial charge in [-0.2, -0.15) is 5.48 Å². The number of thioether (sulfide) groups is 1. The van der Waals surface area contributed by atoms with E-state index in [1.165, 1.54) is 16.2 Å². The largest absolute Gasteiger partial charge is 0.391 e. The topological polar surface area (TPSA) is 112 Å². The molecule has 194 valence electrons. The predicted octanol–water partition coefficient (Wildman–Crippen LogP) is 2.99. The quantitative estimate of drug-likeness (QED) is 0.463. The minimum Gasteiger partial charge on any atom is -0.391 e. The second-order valence-corrected chi connectivity index (χ2v) is 11.4. The summed E-state index contributed by atoms with van der Waals surface area (Å²) >= 11 is 1.80. The van der Waals surface area contributed by atoms with Crippen molar-refractivity contribution >= 4 is 22.6 Å². The minimum absolute atomic E-state index is 0.0137.